The van der Waals surface area contributed by atoms with Crippen LogP contribution in [-0.4, -0.2) is 47.1 Å². The minimum Gasteiger partial charge on any atom is -0.476 e. The van der Waals surface area contributed by atoms with Crippen LogP contribution < -0.4 is 0 Å². The number of benzene rings is 1. The largest absolute Gasteiger partial charge is 0.476 e. The summed E-state index contributed by atoms with van der Waals surface area (Å²) in [5.41, 5.74) is 2.03. The zero-order chi connectivity index (χ0) is 24.4. The maximum Gasteiger partial charge on any atom is 0.356 e. The van der Waals surface area contributed by atoms with Gasteiger partial charge in [0.15, 0.2) is 11.4 Å². The van der Waals surface area contributed by atoms with E-state index in [2.05, 4.69) is 20.2 Å². The zero-order valence-electron chi connectivity index (χ0n) is 18.2. The molecule has 9 nitrogen and oxygen atoms in total. The molecule has 3 aromatic heterocycles. The van der Waals surface area contributed by atoms with Gasteiger partial charge in [-0.15, -0.1) is 4.80 Å². The number of carboxylic acids is 2. The first-order valence-electron chi connectivity index (χ1n) is 9.88. The van der Waals surface area contributed by atoms with Crippen molar-refractivity contribution in [3.8, 4) is 16.8 Å². The van der Waals surface area contributed by atoms with Crippen molar-refractivity contribution in [1.82, 2.24) is 25.0 Å². The number of aromatic nitrogens is 5. The molecule has 4 rings (SSSR count). The Morgan fingerprint density at radius 2 is 1.45 bits per heavy atom. The molecule has 0 unspecified atom stereocenters. The Hall–Kier alpha value is -4.47. The highest BCUT2D eigenvalue weighted by Crippen LogP contribution is 2.22. The van der Waals surface area contributed by atoms with Crippen molar-refractivity contribution in [2.75, 3.05) is 0 Å². The highest BCUT2D eigenvalue weighted by molar-refractivity contribution is 5.93. The third-order valence-corrected chi connectivity index (χ3v) is 4.02. The van der Waals surface area contributed by atoms with Crippen molar-refractivity contribution >= 4 is 11.9 Å². The van der Waals surface area contributed by atoms with Crippen molar-refractivity contribution in [2.24, 2.45) is 0 Å². The van der Waals surface area contributed by atoms with Gasteiger partial charge in [-0.25, -0.2) is 23.9 Å². The van der Waals surface area contributed by atoms with Crippen LogP contribution in [0.5, 0.6) is 0 Å². The van der Waals surface area contributed by atoms with Gasteiger partial charge in [0.2, 0.25) is 0 Å². The third kappa shape index (κ3) is 6.50. The summed E-state index contributed by atoms with van der Waals surface area (Å²) in [6.45, 7) is 5.73. The van der Waals surface area contributed by atoms with Gasteiger partial charge in [0.1, 0.15) is 11.5 Å². The summed E-state index contributed by atoms with van der Waals surface area (Å²) in [5, 5.41) is 25.6. The predicted molar refractivity (Wildman–Crippen MR) is 119 cm³/mol. The second-order valence-electron chi connectivity index (χ2n) is 6.16. The van der Waals surface area contributed by atoms with Crippen molar-refractivity contribution in [3.63, 3.8) is 0 Å². The second kappa shape index (κ2) is 11.8. The molecule has 0 aliphatic heterocycles. The van der Waals surface area contributed by atoms with E-state index in [0.717, 1.165) is 0 Å². The van der Waals surface area contributed by atoms with E-state index in [0.29, 0.717) is 22.5 Å². The molecule has 1 aromatic carbocycles. The molecule has 0 saturated carbocycles. The highest BCUT2D eigenvalue weighted by atomic mass is 19.1. The molecule has 0 saturated heterocycles. The number of hydrogen-bond acceptors (Lipinski definition) is 6. The zero-order valence-corrected chi connectivity index (χ0v) is 18.2. The van der Waals surface area contributed by atoms with E-state index in [1.165, 1.54) is 47.7 Å². The first-order chi connectivity index (χ1) is 15.9. The lowest BCUT2D eigenvalue weighted by atomic mass is 10.0. The number of carboxylic acid groups (broad SMARTS) is 2. The summed E-state index contributed by atoms with van der Waals surface area (Å²) in [4.78, 5) is 30.8. The van der Waals surface area contributed by atoms with Crippen LogP contribution in [0.3, 0.4) is 0 Å². The average Bonchev–Trinajstić information content (AvgIpc) is 3.36. The normalized spacial score (nSPS) is 9.70. The number of pyridine rings is 2. The topological polar surface area (TPSA) is 131 Å². The van der Waals surface area contributed by atoms with Gasteiger partial charge in [-0.05, 0) is 42.8 Å². The van der Waals surface area contributed by atoms with Crippen LogP contribution in [0, 0.1) is 12.7 Å². The van der Waals surface area contributed by atoms with Gasteiger partial charge in [0.25, 0.3) is 0 Å². The average molecular weight is 451 g/mol. The first-order valence-corrected chi connectivity index (χ1v) is 9.88. The summed E-state index contributed by atoms with van der Waals surface area (Å²) in [6.07, 6.45) is 4.37. The third-order valence-electron chi connectivity index (χ3n) is 4.02. The fourth-order valence-electron chi connectivity index (χ4n) is 2.65. The molecule has 3 heterocycles. The summed E-state index contributed by atoms with van der Waals surface area (Å²) < 4.78 is 12.7. The van der Waals surface area contributed by atoms with Crippen LogP contribution >= 0.6 is 0 Å². The Morgan fingerprint density at radius 1 is 0.848 bits per heavy atom. The molecular weight excluding hydrogens is 429 g/mol. The van der Waals surface area contributed by atoms with E-state index < -0.39 is 11.9 Å². The standard InChI is InChI=1S/C12H8FNO2.C9H8N4O2.C2H6/c13-9-5-3-8(4-6-9)10-2-1-7-14-11(10)12(15)16;1-6-2-3-7(8(12-6)9(14)15)13-10-4-5-11-13;1-2/h1-7H,(H,15,16);2-5H,1H3,(H,14,15);1-2H3. The molecule has 2 N–H and O–H groups in total. The minimum absolute atomic E-state index is 0.0332. The molecule has 0 aliphatic rings. The van der Waals surface area contributed by atoms with Gasteiger partial charge >= 0.3 is 11.9 Å². The van der Waals surface area contributed by atoms with Crippen molar-refractivity contribution in [1.29, 1.82) is 0 Å². The number of aryl methyl sites for hydroxylation is 1. The molecule has 0 spiro atoms. The van der Waals surface area contributed by atoms with Crippen molar-refractivity contribution in [3.05, 3.63) is 90.0 Å². The summed E-state index contributed by atoms with van der Waals surface area (Å²) in [5.74, 6) is -2.55. The molecule has 33 heavy (non-hydrogen) atoms. The van der Waals surface area contributed by atoms with Gasteiger partial charge in [-0.3, -0.25) is 0 Å². The van der Waals surface area contributed by atoms with Gasteiger partial charge in [-0.1, -0.05) is 32.0 Å². The molecule has 170 valence electrons. The molecule has 0 radical (unpaired) electrons. The number of hydrogen-bond donors (Lipinski definition) is 2. The Labute approximate surface area is 189 Å². The van der Waals surface area contributed by atoms with Gasteiger partial charge < -0.3 is 10.2 Å². The molecule has 10 heteroatoms. The summed E-state index contributed by atoms with van der Waals surface area (Å²) in [6, 6.07) is 12.3. The fraction of sp³-hybridized carbons (Fsp3) is 0.130. The monoisotopic (exact) mass is 451 g/mol. The van der Waals surface area contributed by atoms with E-state index in [1.807, 2.05) is 13.8 Å². The lowest BCUT2D eigenvalue weighted by Gasteiger charge is -2.04. The number of nitrogens with zero attached hydrogens (tertiary/aromatic N) is 5. The number of halogens is 1. The van der Waals surface area contributed by atoms with E-state index in [1.54, 1.807) is 31.2 Å². The first kappa shape index (κ1) is 24.8. The summed E-state index contributed by atoms with van der Waals surface area (Å²) >= 11 is 0. The smallest absolute Gasteiger partial charge is 0.356 e. The minimum atomic E-state index is -1.10. The van der Waals surface area contributed by atoms with Gasteiger partial charge in [0.05, 0.1) is 12.4 Å². The van der Waals surface area contributed by atoms with Crippen LogP contribution in [0.15, 0.2) is 67.1 Å². The lowest BCUT2D eigenvalue weighted by molar-refractivity contribution is 0.0680. The Bertz CT molecular complexity index is 1210. The highest BCUT2D eigenvalue weighted by Gasteiger charge is 2.14. The SMILES string of the molecule is CC.Cc1ccc(-n2nccn2)c(C(=O)O)n1.O=C(O)c1ncccc1-c1ccc(F)cc1. The van der Waals surface area contributed by atoms with Crippen molar-refractivity contribution in [2.45, 2.75) is 20.8 Å². The Balaban J connectivity index is 0.000000218. The lowest BCUT2D eigenvalue weighted by Crippen LogP contribution is -2.10. The quantitative estimate of drug-likeness (QED) is 0.470. The van der Waals surface area contributed by atoms with Crippen LogP contribution in [0.25, 0.3) is 16.8 Å². The fourth-order valence-corrected chi connectivity index (χ4v) is 2.65. The van der Waals surface area contributed by atoms with Crippen LogP contribution in [0.1, 0.15) is 40.5 Å². The van der Waals surface area contributed by atoms with Crippen molar-refractivity contribution < 1.29 is 24.2 Å². The molecule has 0 amide bonds. The number of rotatable bonds is 4. The van der Waals surface area contributed by atoms with E-state index in [-0.39, 0.29) is 17.2 Å². The maximum atomic E-state index is 12.7. The Kier molecular flexibility index (Phi) is 8.86. The van der Waals surface area contributed by atoms with Gasteiger partial charge in [-0.2, -0.15) is 10.2 Å². The van der Waals surface area contributed by atoms with E-state index >= 15 is 0 Å². The molecule has 0 bridgehead atoms. The molecule has 0 fully saturated rings. The maximum absolute atomic E-state index is 12.7. The van der Waals surface area contributed by atoms with E-state index in [4.69, 9.17) is 10.2 Å². The van der Waals surface area contributed by atoms with Gasteiger partial charge in [0, 0.05) is 17.5 Å². The molecule has 0 atom stereocenters. The number of aromatic carboxylic acids is 2. The predicted octanol–water partition coefficient (Wildman–Crippen LogP) is 4.28. The van der Waals surface area contributed by atoms with Crippen LogP contribution in [-0.2, 0) is 0 Å². The Morgan fingerprint density at radius 3 is 2.03 bits per heavy atom. The van der Waals surface area contributed by atoms with Crippen LogP contribution in [0.2, 0.25) is 0 Å². The van der Waals surface area contributed by atoms with Crippen LogP contribution in [0.4, 0.5) is 4.39 Å². The summed E-state index contributed by atoms with van der Waals surface area (Å²) in [7, 11) is 0. The molecular formula is C23H22FN5O4. The molecule has 4 aromatic rings. The molecule has 0 aliphatic carbocycles. The van der Waals surface area contributed by atoms with E-state index in [9.17, 15) is 14.0 Å². The second-order valence-corrected chi connectivity index (χ2v) is 6.16. The number of carbonyl (C=O) groups is 2.